The second-order valence-electron chi connectivity index (χ2n) is 5.25. The van der Waals surface area contributed by atoms with Gasteiger partial charge in [0, 0.05) is 10.9 Å². The second kappa shape index (κ2) is 6.46. The number of anilines is 1. The second-order valence-corrected chi connectivity index (χ2v) is 5.25. The average molecular weight is 307 g/mol. The van der Waals surface area contributed by atoms with Crippen molar-refractivity contribution in [2.75, 3.05) is 12.0 Å². The lowest BCUT2D eigenvalue weighted by atomic mass is 10.1. The van der Waals surface area contributed by atoms with Crippen LogP contribution < -0.4 is 16.0 Å². The fourth-order valence-electron chi connectivity index (χ4n) is 2.28. The molecule has 2 aromatic carbocycles. The summed E-state index contributed by atoms with van der Waals surface area (Å²) in [6.07, 6.45) is 0. The van der Waals surface area contributed by atoms with Crippen LogP contribution in [0.25, 0.3) is 10.9 Å². The number of aromatic nitrogens is 1. The molecule has 0 aliphatic heterocycles. The van der Waals surface area contributed by atoms with Crippen molar-refractivity contribution >= 4 is 22.5 Å². The molecule has 23 heavy (non-hydrogen) atoms. The summed E-state index contributed by atoms with van der Waals surface area (Å²) in [4.78, 5) is 16.6. The van der Waals surface area contributed by atoms with E-state index in [1.807, 2.05) is 37.3 Å². The number of benzene rings is 2. The number of Topliss-reactive ketones (excluding diaryl/α,β-unsaturated/α-hetero) is 1. The fourth-order valence-corrected chi connectivity index (χ4v) is 2.28. The number of rotatable bonds is 5. The van der Waals surface area contributed by atoms with E-state index in [-0.39, 0.29) is 12.4 Å². The van der Waals surface area contributed by atoms with Gasteiger partial charge in [-0.1, -0.05) is 42.0 Å². The number of nitrogens with one attached hydrogen (secondary N) is 1. The Balaban J connectivity index is 1.81. The first-order valence-electron chi connectivity index (χ1n) is 7.26. The van der Waals surface area contributed by atoms with Gasteiger partial charge in [0.15, 0.2) is 12.4 Å². The molecule has 0 aliphatic rings. The third kappa shape index (κ3) is 3.30. The number of nitrogens with zero attached hydrogens (tertiary/aromatic N) is 1. The lowest BCUT2D eigenvalue weighted by Gasteiger charge is -2.09. The van der Waals surface area contributed by atoms with E-state index in [0.29, 0.717) is 22.6 Å². The molecule has 0 saturated heterocycles. The molecule has 0 radical (unpaired) electrons. The Morgan fingerprint density at radius 2 is 1.91 bits per heavy atom. The number of fused-ring (bicyclic) bond motifs is 1. The zero-order valence-electron chi connectivity index (χ0n) is 12.7. The molecule has 0 atom stereocenters. The molecular formula is C18H17N3O2. The van der Waals surface area contributed by atoms with Crippen molar-refractivity contribution in [1.82, 2.24) is 4.98 Å². The van der Waals surface area contributed by atoms with Gasteiger partial charge >= 0.3 is 0 Å². The molecule has 0 amide bonds. The Hall–Kier alpha value is -2.92. The molecule has 0 bridgehead atoms. The van der Waals surface area contributed by atoms with E-state index in [2.05, 4.69) is 10.4 Å². The number of carbonyl (C=O) groups excluding carboxylic acids is 1. The Morgan fingerprint density at radius 1 is 1.13 bits per heavy atom. The van der Waals surface area contributed by atoms with Gasteiger partial charge in [0.25, 0.3) is 0 Å². The molecule has 5 heteroatoms. The summed E-state index contributed by atoms with van der Waals surface area (Å²) in [5, 5.41) is 0.921. The standard InChI is InChI=1S/C18H17N3O2/c1-12-5-7-13(8-6-12)15(22)11-23-16-4-2-3-14-9-10-17(21-19)20-18(14)16/h2-10H,11,19H2,1H3,(H,20,21). The van der Waals surface area contributed by atoms with Crippen LogP contribution in [0.4, 0.5) is 5.82 Å². The minimum atomic E-state index is -0.0740. The number of hydrogen-bond donors (Lipinski definition) is 2. The highest BCUT2D eigenvalue weighted by Gasteiger charge is 2.09. The Labute approximate surface area is 134 Å². The van der Waals surface area contributed by atoms with Gasteiger partial charge < -0.3 is 10.2 Å². The molecule has 0 spiro atoms. The Kier molecular flexibility index (Phi) is 4.21. The number of nitrogens with two attached hydrogens (primary N) is 1. The Morgan fingerprint density at radius 3 is 2.65 bits per heavy atom. The van der Waals surface area contributed by atoms with Crippen LogP contribution in [0, 0.1) is 6.92 Å². The van der Waals surface area contributed by atoms with E-state index in [9.17, 15) is 4.79 Å². The summed E-state index contributed by atoms with van der Waals surface area (Å²) < 4.78 is 5.68. The molecule has 116 valence electrons. The van der Waals surface area contributed by atoms with Crippen LogP contribution >= 0.6 is 0 Å². The number of pyridine rings is 1. The number of nitrogen functional groups attached to an aromatic ring is 1. The molecular weight excluding hydrogens is 290 g/mol. The summed E-state index contributed by atoms with van der Waals surface area (Å²) in [6.45, 7) is 1.94. The fraction of sp³-hybridized carbons (Fsp3) is 0.111. The van der Waals surface area contributed by atoms with Gasteiger partial charge in [-0.05, 0) is 25.1 Å². The zero-order valence-corrected chi connectivity index (χ0v) is 12.7. The smallest absolute Gasteiger partial charge is 0.200 e. The van der Waals surface area contributed by atoms with Crippen LogP contribution in [0.15, 0.2) is 54.6 Å². The largest absolute Gasteiger partial charge is 0.483 e. The maximum Gasteiger partial charge on any atom is 0.200 e. The predicted molar refractivity (Wildman–Crippen MR) is 90.6 cm³/mol. The predicted octanol–water partition coefficient (Wildman–Crippen LogP) is 3.09. The topological polar surface area (TPSA) is 77.2 Å². The average Bonchev–Trinajstić information content (AvgIpc) is 2.59. The van der Waals surface area contributed by atoms with Gasteiger partial charge in [-0.3, -0.25) is 4.79 Å². The number of aryl methyl sites for hydroxylation is 1. The van der Waals surface area contributed by atoms with Crippen LogP contribution in [-0.2, 0) is 0 Å². The normalized spacial score (nSPS) is 10.5. The highest BCUT2D eigenvalue weighted by Crippen LogP contribution is 2.25. The van der Waals surface area contributed by atoms with E-state index >= 15 is 0 Å². The van der Waals surface area contributed by atoms with Gasteiger partial charge in [0.2, 0.25) is 0 Å². The van der Waals surface area contributed by atoms with Crippen LogP contribution in [0.1, 0.15) is 15.9 Å². The summed E-state index contributed by atoms with van der Waals surface area (Å²) in [5.74, 6) is 6.42. The van der Waals surface area contributed by atoms with Gasteiger partial charge in [0.1, 0.15) is 17.1 Å². The third-order valence-electron chi connectivity index (χ3n) is 3.56. The maximum absolute atomic E-state index is 12.2. The van der Waals surface area contributed by atoms with Crippen molar-refractivity contribution in [2.24, 2.45) is 5.84 Å². The lowest BCUT2D eigenvalue weighted by molar-refractivity contribution is 0.0922. The van der Waals surface area contributed by atoms with Gasteiger partial charge in [-0.15, -0.1) is 0 Å². The van der Waals surface area contributed by atoms with Crippen LogP contribution in [0.2, 0.25) is 0 Å². The number of hydrazine groups is 1. The molecule has 0 fully saturated rings. The Bertz CT molecular complexity index is 845. The third-order valence-corrected chi connectivity index (χ3v) is 3.56. The SMILES string of the molecule is Cc1ccc(C(=O)COc2cccc3ccc(NN)nc23)cc1. The highest BCUT2D eigenvalue weighted by atomic mass is 16.5. The number of carbonyl (C=O) groups is 1. The number of ketones is 1. The highest BCUT2D eigenvalue weighted by molar-refractivity contribution is 5.97. The van der Waals surface area contributed by atoms with Crippen LogP contribution in [0.3, 0.4) is 0 Å². The lowest BCUT2D eigenvalue weighted by Crippen LogP contribution is -2.12. The van der Waals surface area contributed by atoms with Crippen molar-refractivity contribution in [2.45, 2.75) is 6.92 Å². The minimum Gasteiger partial charge on any atom is -0.483 e. The zero-order chi connectivity index (χ0) is 16.2. The summed E-state index contributed by atoms with van der Waals surface area (Å²) in [7, 11) is 0. The summed E-state index contributed by atoms with van der Waals surface area (Å²) in [5.41, 5.74) is 4.92. The molecule has 1 aromatic heterocycles. The minimum absolute atomic E-state index is 0.0376. The quantitative estimate of drug-likeness (QED) is 0.430. The molecule has 5 nitrogen and oxygen atoms in total. The van der Waals surface area contributed by atoms with E-state index in [1.54, 1.807) is 24.3 Å². The maximum atomic E-state index is 12.2. The van der Waals surface area contributed by atoms with Crippen molar-refractivity contribution in [3.8, 4) is 5.75 Å². The first kappa shape index (κ1) is 15.0. The number of ether oxygens (including phenoxy) is 1. The first-order chi connectivity index (χ1) is 11.2. The van der Waals surface area contributed by atoms with Gasteiger partial charge in [-0.2, -0.15) is 0 Å². The number of para-hydroxylation sites is 1. The summed E-state index contributed by atoms with van der Waals surface area (Å²) >= 11 is 0. The van der Waals surface area contributed by atoms with Crippen molar-refractivity contribution in [3.05, 3.63) is 65.7 Å². The molecule has 3 N–H and O–H groups in total. The monoisotopic (exact) mass is 307 g/mol. The first-order valence-corrected chi connectivity index (χ1v) is 7.26. The van der Waals surface area contributed by atoms with Crippen molar-refractivity contribution in [3.63, 3.8) is 0 Å². The van der Waals surface area contributed by atoms with Crippen molar-refractivity contribution < 1.29 is 9.53 Å². The van der Waals surface area contributed by atoms with Crippen molar-refractivity contribution in [1.29, 1.82) is 0 Å². The molecule has 1 heterocycles. The van der Waals surface area contributed by atoms with E-state index in [1.165, 1.54) is 0 Å². The van der Waals surface area contributed by atoms with E-state index in [4.69, 9.17) is 10.6 Å². The molecule has 3 rings (SSSR count). The number of hydrogen-bond acceptors (Lipinski definition) is 5. The molecule has 0 saturated carbocycles. The van der Waals surface area contributed by atoms with E-state index in [0.717, 1.165) is 10.9 Å². The van der Waals surface area contributed by atoms with Gasteiger partial charge in [0.05, 0.1) is 0 Å². The van der Waals surface area contributed by atoms with Crippen LogP contribution in [-0.4, -0.2) is 17.4 Å². The molecule has 0 aliphatic carbocycles. The molecule has 3 aromatic rings. The van der Waals surface area contributed by atoms with Gasteiger partial charge in [-0.25, -0.2) is 10.8 Å². The molecule has 0 unspecified atom stereocenters. The summed E-state index contributed by atoms with van der Waals surface area (Å²) in [6, 6.07) is 16.7. The van der Waals surface area contributed by atoms with Crippen LogP contribution in [0.5, 0.6) is 5.75 Å². The van der Waals surface area contributed by atoms with E-state index < -0.39 is 0 Å².